The number of fused-ring (bicyclic) bond motifs is 1. The van der Waals surface area contributed by atoms with E-state index in [9.17, 15) is 0 Å². The number of aromatic amines is 1. The van der Waals surface area contributed by atoms with Crippen LogP contribution in [0.15, 0.2) is 23.4 Å². The second-order valence-corrected chi connectivity index (χ2v) is 6.19. The van der Waals surface area contributed by atoms with E-state index in [0.717, 1.165) is 40.2 Å². The molecular formula is C15H21N3OS. The van der Waals surface area contributed by atoms with Gasteiger partial charge in [0.05, 0.1) is 17.6 Å². The molecule has 2 N–H and O–H groups in total. The number of thioether (sulfide) groups is 1. The van der Waals surface area contributed by atoms with Gasteiger partial charge in [-0.05, 0) is 50.9 Å². The topological polar surface area (TPSA) is 49.9 Å². The lowest BCUT2D eigenvalue weighted by Crippen LogP contribution is -2.30. The van der Waals surface area contributed by atoms with Crippen molar-refractivity contribution in [3.8, 4) is 5.75 Å². The Bertz CT molecular complexity index is 563. The van der Waals surface area contributed by atoms with Gasteiger partial charge in [-0.25, -0.2) is 4.98 Å². The highest BCUT2D eigenvalue weighted by Gasteiger charge is 2.14. The maximum absolute atomic E-state index is 5.52. The molecule has 5 heteroatoms. The van der Waals surface area contributed by atoms with Gasteiger partial charge in [0.1, 0.15) is 5.75 Å². The lowest BCUT2D eigenvalue weighted by Gasteiger charge is -2.21. The van der Waals surface area contributed by atoms with Crippen molar-refractivity contribution in [2.45, 2.75) is 24.9 Å². The van der Waals surface area contributed by atoms with Crippen LogP contribution in [0.2, 0.25) is 0 Å². The first-order chi connectivity index (χ1) is 9.85. The molecule has 1 aromatic carbocycles. The summed E-state index contributed by atoms with van der Waals surface area (Å²) in [7, 11) is 0. The zero-order valence-corrected chi connectivity index (χ0v) is 12.6. The van der Waals surface area contributed by atoms with Gasteiger partial charge in [-0.2, -0.15) is 0 Å². The van der Waals surface area contributed by atoms with Gasteiger partial charge < -0.3 is 15.0 Å². The zero-order valence-electron chi connectivity index (χ0n) is 11.8. The predicted molar refractivity (Wildman–Crippen MR) is 83.6 cm³/mol. The van der Waals surface area contributed by atoms with E-state index in [0.29, 0.717) is 6.61 Å². The van der Waals surface area contributed by atoms with E-state index in [1.54, 1.807) is 0 Å². The van der Waals surface area contributed by atoms with Gasteiger partial charge in [0.15, 0.2) is 5.16 Å². The molecule has 1 aliphatic heterocycles. The Morgan fingerprint density at radius 2 is 2.40 bits per heavy atom. The fourth-order valence-corrected chi connectivity index (χ4v) is 3.58. The van der Waals surface area contributed by atoms with Crippen molar-refractivity contribution in [3.05, 3.63) is 18.2 Å². The van der Waals surface area contributed by atoms with Crippen molar-refractivity contribution in [2.24, 2.45) is 5.92 Å². The van der Waals surface area contributed by atoms with Crippen molar-refractivity contribution in [3.63, 3.8) is 0 Å². The van der Waals surface area contributed by atoms with E-state index in [-0.39, 0.29) is 0 Å². The number of nitrogens with one attached hydrogen (secondary N) is 2. The van der Waals surface area contributed by atoms with Gasteiger partial charge in [0, 0.05) is 11.8 Å². The molecular weight excluding hydrogens is 270 g/mol. The minimum Gasteiger partial charge on any atom is -0.494 e. The Labute approximate surface area is 123 Å². The van der Waals surface area contributed by atoms with E-state index >= 15 is 0 Å². The number of benzene rings is 1. The normalized spacial score (nSPS) is 19.4. The Balaban J connectivity index is 1.65. The Hall–Kier alpha value is -1.20. The van der Waals surface area contributed by atoms with Crippen molar-refractivity contribution in [1.29, 1.82) is 0 Å². The third-order valence-electron chi connectivity index (χ3n) is 3.60. The SMILES string of the molecule is CCOc1ccc2nc(SCC3CCCNC3)[nH]c2c1. The number of nitrogens with zero attached hydrogens (tertiary/aromatic N) is 1. The smallest absolute Gasteiger partial charge is 0.166 e. The molecule has 0 bridgehead atoms. The minimum absolute atomic E-state index is 0.690. The number of ether oxygens (including phenoxy) is 1. The summed E-state index contributed by atoms with van der Waals surface area (Å²) in [6.07, 6.45) is 2.62. The number of piperidine rings is 1. The van der Waals surface area contributed by atoms with Crippen molar-refractivity contribution in [1.82, 2.24) is 15.3 Å². The Kier molecular flexibility index (Phi) is 4.47. The number of H-pyrrole nitrogens is 1. The molecule has 1 unspecified atom stereocenters. The Morgan fingerprint density at radius 1 is 1.45 bits per heavy atom. The highest BCUT2D eigenvalue weighted by molar-refractivity contribution is 7.99. The minimum atomic E-state index is 0.690. The van der Waals surface area contributed by atoms with E-state index < -0.39 is 0 Å². The lowest BCUT2D eigenvalue weighted by molar-refractivity contribution is 0.340. The molecule has 0 spiro atoms. The summed E-state index contributed by atoms with van der Waals surface area (Å²) in [5.41, 5.74) is 2.07. The van der Waals surface area contributed by atoms with Crippen molar-refractivity contribution >= 4 is 22.8 Å². The molecule has 1 saturated heterocycles. The zero-order chi connectivity index (χ0) is 13.8. The summed E-state index contributed by atoms with van der Waals surface area (Å²) in [5, 5.41) is 4.47. The highest BCUT2D eigenvalue weighted by atomic mass is 32.2. The van der Waals surface area contributed by atoms with Gasteiger partial charge in [-0.1, -0.05) is 11.8 Å². The standard InChI is InChI=1S/C15H21N3OS/c1-2-19-12-5-6-13-14(8-12)18-15(17-13)20-10-11-4-3-7-16-9-11/h5-6,8,11,16H,2-4,7,9-10H2,1H3,(H,17,18). The summed E-state index contributed by atoms with van der Waals surface area (Å²) in [5.74, 6) is 2.79. The van der Waals surface area contributed by atoms with Crippen LogP contribution in [0.3, 0.4) is 0 Å². The van der Waals surface area contributed by atoms with Crippen LogP contribution < -0.4 is 10.1 Å². The molecule has 3 rings (SSSR count). The van der Waals surface area contributed by atoms with E-state index in [4.69, 9.17) is 4.74 Å². The van der Waals surface area contributed by atoms with Crippen LogP contribution in [-0.2, 0) is 0 Å². The summed E-state index contributed by atoms with van der Waals surface area (Å²) in [4.78, 5) is 8.02. The van der Waals surface area contributed by atoms with Gasteiger partial charge in [0.25, 0.3) is 0 Å². The first-order valence-corrected chi connectivity index (χ1v) is 8.30. The largest absolute Gasteiger partial charge is 0.494 e. The van der Waals surface area contributed by atoms with Gasteiger partial charge in [-0.3, -0.25) is 0 Å². The third kappa shape index (κ3) is 3.27. The average molecular weight is 291 g/mol. The fourth-order valence-electron chi connectivity index (χ4n) is 2.55. The molecule has 2 aromatic rings. The second-order valence-electron chi connectivity index (χ2n) is 5.18. The fraction of sp³-hybridized carbons (Fsp3) is 0.533. The van der Waals surface area contributed by atoms with Crippen LogP contribution in [0.5, 0.6) is 5.75 Å². The van der Waals surface area contributed by atoms with Crippen LogP contribution in [-0.4, -0.2) is 35.4 Å². The number of imidazole rings is 1. The maximum atomic E-state index is 5.52. The van der Waals surface area contributed by atoms with Crippen molar-refractivity contribution < 1.29 is 4.74 Å². The average Bonchev–Trinajstić information content (AvgIpc) is 2.89. The van der Waals surface area contributed by atoms with E-state index in [1.807, 2.05) is 36.9 Å². The molecule has 2 heterocycles. The summed E-state index contributed by atoms with van der Waals surface area (Å²) in [6, 6.07) is 6.02. The van der Waals surface area contributed by atoms with Crippen LogP contribution in [0.1, 0.15) is 19.8 Å². The monoisotopic (exact) mass is 291 g/mol. The summed E-state index contributed by atoms with van der Waals surface area (Å²) < 4.78 is 5.52. The molecule has 0 aliphatic carbocycles. The number of rotatable bonds is 5. The van der Waals surface area contributed by atoms with Crippen LogP contribution in [0.4, 0.5) is 0 Å². The molecule has 108 valence electrons. The van der Waals surface area contributed by atoms with Crippen LogP contribution in [0, 0.1) is 5.92 Å². The second kappa shape index (κ2) is 6.50. The lowest BCUT2D eigenvalue weighted by atomic mass is 10.0. The molecule has 0 radical (unpaired) electrons. The highest BCUT2D eigenvalue weighted by Crippen LogP contribution is 2.25. The summed E-state index contributed by atoms with van der Waals surface area (Å²) >= 11 is 1.82. The molecule has 0 saturated carbocycles. The number of hydrogen-bond acceptors (Lipinski definition) is 4. The summed E-state index contributed by atoms with van der Waals surface area (Å²) in [6.45, 7) is 5.00. The van der Waals surface area contributed by atoms with Crippen molar-refractivity contribution in [2.75, 3.05) is 25.4 Å². The number of aromatic nitrogens is 2. The molecule has 4 nitrogen and oxygen atoms in total. The molecule has 20 heavy (non-hydrogen) atoms. The van der Waals surface area contributed by atoms with Gasteiger partial charge in [-0.15, -0.1) is 0 Å². The quantitative estimate of drug-likeness (QED) is 0.831. The molecule has 1 aliphatic rings. The first-order valence-electron chi connectivity index (χ1n) is 7.31. The van der Waals surface area contributed by atoms with Gasteiger partial charge >= 0.3 is 0 Å². The Morgan fingerprint density at radius 3 is 3.20 bits per heavy atom. The molecule has 1 atom stereocenters. The molecule has 1 fully saturated rings. The first kappa shape index (κ1) is 13.8. The predicted octanol–water partition coefficient (Wildman–Crippen LogP) is 3.05. The molecule has 0 amide bonds. The van der Waals surface area contributed by atoms with Crippen LogP contribution >= 0.6 is 11.8 Å². The van der Waals surface area contributed by atoms with E-state index in [1.165, 1.54) is 19.4 Å². The third-order valence-corrected chi connectivity index (χ3v) is 4.70. The maximum Gasteiger partial charge on any atom is 0.166 e. The van der Waals surface area contributed by atoms with Crippen LogP contribution in [0.25, 0.3) is 11.0 Å². The molecule has 1 aromatic heterocycles. The van der Waals surface area contributed by atoms with E-state index in [2.05, 4.69) is 15.3 Å². The van der Waals surface area contributed by atoms with Gasteiger partial charge in [0.2, 0.25) is 0 Å². The number of hydrogen-bond donors (Lipinski definition) is 2.